The van der Waals surface area contributed by atoms with E-state index in [4.69, 9.17) is 0 Å². The van der Waals surface area contributed by atoms with Gasteiger partial charge in [0.2, 0.25) is 0 Å². The standard InChI is InChI=1S/C13H17NO.ClH/c1-11-7-8-14(10-13(11)15)9-12-5-3-2-4-6-12;/h2-6,11H,7-10H2,1H3;1H. The van der Waals surface area contributed by atoms with Crippen LogP contribution in [0.4, 0.5) is 0 Å². The summed E-state index contributed by atoms with van der Waals surface area (Å²) >= 11 is 0. The van der Waals surface area contributed by atoms with Crippen molar-refractivity contribution < 1.29 is 4.79 Å². The fraction of sp³-hybridized carbons (Fsp3) is 0.462. The maximum Gasteiger partial charge on any atom is 0.149 e. The number of carbonyl (C=O) groups is 1. The molecule has 1 aromatic rings. The van der Waals surface area contributed by atoms with Crippen LogP contribution in [0.3, 0.4) is 0 Å². The Morgan fingerprint density at radius 3 is 2.62 bits per heavy atom. The van der Waals surface area contributed by atoms with E-state index >= 15 is 0 Å². The number of Topliss-reactive ketones (excluding diaryl/α,β-unsaturated/α-hetero) is 1. The summed E-state index contributed by atoms with van der Waals surface area (Å²) in [6.45, 7) is 4.60. The molecule has 2 nitrogen and oxygen atoms in total. The summed E-state index contributed by atoms with van der Waals surface area (Å²) < 4.78 is 0. The van der Waals surface area contributed by atoms with Gasteiger partial charge in [-0.3, -0.25) is 9.69 Å². The number of piperidine rings is 1. The average molecular weight is 240 g/mol. The second kappa shape index (κ2) is 6.02. The van der Waals surface area contributed by atoms with Gasteiger partial charge in [0.25, 0.3) is 0 Å². The summed E-state index contributed by atoms with van der Waals surface area (Å²) in [5.41, 5.74) is 1.29. The average Bonchev–Trinajstić information content (AvgIpc) is 2.25. The molecule has 88 valence electrons. The van der Waals surface area contributed by atoms with Crippen LogP contribution in [-0.2, 0) is 11.3 Å². The number of likely N-dealkylation sites (tertiary alicyclic amines) is 1. The summed E-state index contributed by atoms with van der Waals surface area (Å²) in [6, 6.07) is 10.3. The zero-order valence-corrected chi connectivity index (χ0v) is 10.4. The molecule has 0 spiro atoms. The van der Waals surface area contributed by atoms with Crippen molar-refractivity contribution in [3.05, 3.63) is 35.9 Å². The van der Waals surface area contributed by atoms with Crippen molar-refractivity contribution in [2.45, 2.75) is 19.9 Å². The molecule has 0 aliphatic carbocycles. The molecule has 1 heterocycles. The fourth-order valence-corrected chi connectivity index (χ4v) is 1.97. The highest BCUT2D eigenvalue weighted by Crippen LogP contribution is 2.15. The third-order valence-electron chi connectivity index (χ3n) is 3.06. The van der Waals surface area contributed by atoms with Crippen LogP contribution in [0.1, 0.15) is 18.9 Å². The van der Waals surface area contributed by atoms with Crippen LogP contribution in [0.25, 0.3) is 0 Å². The van der Waals surface area contributed by atoms with E-state index < -0.39 is 0 Å². The monoisotopic (exact) mass is 239 g/mol. The van der Waals surface area contributed by atoms with Gasteiger partial charge in [-0.2, -0.15) is 0 Å². The first-order chi connectivity index (χ1) is 7.25. The Morgan fingerprint density at radius 2 is 2.00 bits per heavy atom. The van der Waals surface area contributed by atoms with Gasteiger partial charge in [-0.05, 0) is 18.5 Å². The molecule has 3 heteroatoms. The number of benzene rings is 1. The number of hydrogen-bond acceptors (Lipinski definition) is 2. The number of ketones is 1. The Kier molecular flexibility index (Phi) is 4.97. The van der Waals surface area contributed by atoms with Gasteiger partial charge in [0.1, 0.15) is 5.78 Å². The number of hydrogen-bond donors (Lipinski definition) is 0. The van der Waals surface area contributed by atoms with Gasteiger partial charge < -0.3 is 0 Å². The summed E-state index contributed by atoms with van der Waals surface area (Å²) in [6.07, 6.45) is 1.01. The largest absolute Gasteiger partial charge is 0.298 e. The van der Waals surface area contributed by atoms with E-state index in [-0.39, 0.29) is 18.3 Å². The number of rotatable bonds is 2. The Balaban J connectivity index is 0.00000128. The molecule has 1 aliphatic heterocycles. The topological polar surface area (TPSA) is 20.3 Å². The molecular formula is C13H18ClNO. The van der Waals surface area contributed by atoms with Gasteiger partial charge in [0.05, 0.1) is 6.54 Å². The van der Waals surface area contributed by atoms with Gasteiger partial charge in [0.15, 0.2) is 0 Å². The molecule has 1 aliphatic rings. The minimum Gasteiger partial charge on any atom is -0.298 e. The predicted octanol–water partition coefficient (Wildman–Crippen LogP) is 2.52. The lowest BCUT2D eigenvalue weighted by molar-refractivity contribution is -0.126. The van der Waals surface area contributed by atoms with Gasteiger partial charge in [0, 0.05) is 12.5 Å². The lowest BCUT2D eigenvalue weighted by Gasteiger charge is -2.29. The molecule has 1 fully saturated rings. The molecule has 2 rings (SSSR count). The van der Waals surface area contributed by atoms with E-state index in [1.54, 1.807) is 0 Å². The molecule has 0 aromatic heterocycles. The van der Waals surface area contributed by atoms with Crippen LogP contribution in [-0.4, -0.2) is 23.8 Å². The third-order valence-corrected chi connectivity index (χ3v) is 3.06. The third kappa shape index (κ3) is 3.32. The minimum atomic E-state index is 0. The zero-order chi connectivity index (χ0) is 10.7. The van der Waals surface area contributed by atoms with Crippen LogP contribution >= 0.6 is 12.4 Å². The van der Waals surface area contributed by atoms with Crippen molar-refractivity contribution in [3.63, 3.8) is 0 Å². The summed E-state index contributed by atoms with van der Waals surface area (Å²) in [5.74, 6) is 0.647. The fourth-order valence-electron chi connectivity index (χ4n) is 1.97. The minimum absolute atomic E-state index is 0. The SMILES string of the molecule is CC1CCN(Cc2ccccc2)CC1=O.Cl. The molecule has 0 bridgehead atoms. The molecule has 1 unspecified atom stereocenters. The Bertz CT molecular complexity index is 339. The Morgan fingerprint density at radius 1 is 1.31 bits per heavy atom. The zero-order valence-electron chi connectivity index (χ0n) is 9.56. The molecule has 1 saturated heterocycles. The second-order valence-corrected chi connectivity index (χ2v) is 4.35. The smallest absolute Gasteiger partial charge is 0.149 e. The maximum absolute atomic E-state index is 11.6. The van der Waals surface area contributed by atoms with Gasteiger partial charge in [-0.25, -0.2) is 0 Å². The first kappa shape index (κ1) is 13.2. The van der Waals surface area contributed by atoms with E-state index in [1.807, 2.05) is 25.1 Å². The predicted molar refractivity (Wildman–Crippen MR) is 67.8 cm³/mol. The van der Waals surface area contributed by atoms with Crippen LogP contribution < -0.4 is 0 Å². The van der Waals surface area contributed by atoms with Crippen molar-refractivity contribution in [3.8, 4) is 0 Å². The molecule has 0 amide bonds. The summed E-state index contributed by atoms with van der Waals surface area (Å²) in [7, 11) is 0. The Labute approximate surface area is 103 Å². The number of carbonyl (C=O) groups excluding carboxylic acids is 1. The molecule has 0 N–H and O–H groups in total. The highest BCUT2D eigenvalue weighted by Gasteiger charge is 2.22. The van der Waals surface area contributed by atoms with Crippen molar-refractivity contribution in [1.82, 2.24) is 4.90 Å². The highest BCUT2D eigenvalue weighted by molar-refractivity contribution is 5.85. The molecule has 0 saturated carbocycles. The van der Waals surface area contributed by atoms with E-state index in [0.717, 1.165) is 19.5 Å². The number of halogens is 1. The second-order valence-electron chi connectivity index (χ2n) is 4.35. The maximum atomic E-state index is 11.6. The van der Waals surface area contributed by atoms with Crippen LogP contribution in [0, 0.1) is 5.92 Å². The van der Waals surface area contributed by atoms with E-state index in [9.17, 15) is 4.79 Å². The van der Waals surface area contributed by atoms with Crippen molar-refractivity contribution in [1.29, 1.82) is 0 Å². The van der Waals surface area contributed by atoms with Gasteiger partial charge >= 0.3 is 0 Å². The van der Waals surface area contributed by atoms with Gasteiger partial charge in [-0.15, -0.1) is 12.4 Å². The van der Waals surface area contributed by atoms with Gasteiger partial charge in [-0.1, -0.05) is 37.3 Å². The van der Waals surface area contributed by atoms with Crippen LogP contribution in [0.5, 0.6) is 0 Å². The van der Waals surface area contributed by atoms with Crippen molar-refractivity contribution in [2.75, 3.05) is 13.1 Å². The molecule has 0 radical (unpaired) electrons. The molecule has 1 aromatic carbocycles. The first-order valence-electron chi connectivity index (χ1n) is 5.54. The van der Waals surface area contributed by atoms with E-state index in [2.05, 4.69) is 17.0 Å². The molecule has 1 atom stereocenters. The molecular weight excluding hydrogens is 222 g/mol. The highest BCUT2D eigenvalue weighted by atomic mass is 35.5. The molecule has 16 heavy (non-hydrogen) atoms. The van der Waals surface area contributed by atoms with E-state index in [1.165, 1.54) is 5.56 Å². The number of nitrogens with zero attached hydrogens (tertiary/aromatic N) is 1. The Hall–Kier alpha value is -0.860. The van der Waals surface area contributed by atoms with Crippen molar-refractivity contribution in [2.24, 2.45) is 5.92 Å². The normalized spacial score (nSPS) is 21.6. The van der Waals surface area contributed by atoms with Crippen molar-refractivity contribution >= 4 is 18.2 Å². The summed E-state index contributed by atoms with van der Waals surface area (Å²) in [4.78, 5) is 13.8. The first-order valence-corrected chi connectivity index (χ1v) is 5.54. The lowest BCUT2D eigenvalue weighted by atomic mass is 9.97. The van der Waals surface area contributed by atoms with E-state index in [0.29, 0.717) is 12.3 Å². The lowest BCUT2D eigenvalue weighted by Crippen LogP contribution is -2.39. The summed E-state index contributed by atoms with van der Waals surface area (Å²) in [5, 5.41) is 0. The van der Waals surface area contributed by atoms with Crippen LogP contribution in [0.15, 0.2) is 30.3 Å². The van der Waals surface area contributed by atoms with Crippen LogP contribution in [0.2, 0.25) is 0 Å². The quantitative estimate of drug-likeness (QED) is 0.791.